The molecule has 4 aliphatic carbocycles. The van der Waals surface area contributed by atoms with Gasteiger partial charge >= 0.3 is 5.97 Å². The number of carboxylic acid groups (broad SMARTS) is 1. The van der Waals surface area contributed by atoms with Crippen LogP contribution in [0.4, 0.5) is 0 Å². The third-order valence-corrected chi connectivity index (χ3v) is 9.13. The van der Waals surface area contributed by atoms with Gasteiger partial charge in [-0.3, -0.25) is 4.79 Å². The van der Waals surface area contributed by atoms with Crippen LogP contribution in [-0.4, -0.2) is 46.1 Å². The Labute approximate surface area is 177 Å². The normalized spacial score (nSPS) is 51.6. The first-order valence-electron chi connectivity index (χ1n) is 11.4. The summed E-state index contributed by atoms with van der Waals surface area (Å²) in [5, 5.41) is 21.8. The number of rotatable bonds is 3. The second-order valence-corrected chi connectivity index (χ2v) is 10.4. The summed E-state index contributed by atoms with van der Waals surface area (Å²) in [5.41, 5.74) is -1.37. The topological polar surface area (TPSA) is 93.1 Å². The van der Waals surface area contributed by atoms with E-state index < -0.39 is 35.5 Å². The molecule has 1 heterocycles. The highest BCUT2D eigenvalue weighted by Gasteiger charge is 2.76. The number of allylic oxidation sites excluding steroid dienone is 4. The Hall–Kier alpha value is -1.50. The molecule has 164 valence electrons. The average Bonchev–Trinajstić information content (AvgIpc) is 3.15. The van der Waals surface area contributed by atoms with Gasteiger partial charge in [-0.15, -0.1) is 0 Å². The number of hydrogen-bond donors (Lipinski definition) is 2. The standard InChI is InChI=1S/C24H32O6/c1-4-5-19-29-18-11-16-15-7-6-13-10-14(25)8-9-22(13,2)20(15)17(26)12-23(16,3)24(18,30-19)21(27)28/h8-10,15-20,26H,4-7,11-12H2,1-3H3,(H,27,28)/t15-,16+,17-,18+,19+,20+,22-,23-,24-/m0/s1. The van der Waals surface area contributed by atoms with Crippen molar-refractivity contribution in [3.05, 3.63) is 23.8 Å². The van der Waals surface area contributed by atoms with Crippen LogP contribution >= 0.6 is 0 Å². The molecule has 5 aliphatic rings. The van der Waals surface area contributed by atoms with Gasteiger partial charge < -0.3 is 19.7 Å². The van der Waals surface area contributed by atoms with E-state index in [1.165, 1.54) is 0 Å². The van der Waals surface area contributed by atoms with Crippen LogP contribution in [0.5, 0.6) is 0 Å². The van der Waals surface area contributed by atoms with Gasteiger partial charge in [0.25, 0.3) is 0 Å². The highest BCUT2D eigenvalue weighted by Crippen LogP contribution is 2.69. The summed E-state index contributed by atoms with van der Waals surface area (Å²) >= 11 is 0. The third-order valence-electron chi connectivity index (χ3n) is 9.13. The third kappa shape index (κ3) is 2.36. The summed E-state index contributed by atoms with van der Waals surface area (Å²) in [6, 6.07) is 0. The van der Waals surface area contributed by atoms with E-state index in [-0.39, 0.29) is 29.0 Å². The predicted molar refractivity (Wildman–Crippen MR) is 108 cm³/mol. The number of carbonyl (C=O) groups excluding carboxylic acids is 1. The summed E-state index contributed by atoms with van der Waals surface area (Å²) in [6.07, 6.45) is 7.90. The second kappa shape index (κ2) is 6.50. The van der Waals surface area contributed by atoms with E-state index >= 15 is 0 Å². The zero-order valence-corrected chi connectivity index (χ0v) is 18.0. The van der Waals surface area contributed by atoms with Crippen LogP contribution in [0.3, 0.4) is 0 Å². The van der Waals surface area contributed by atoms with Crippen molar-refractivity contribution < 1.29 is 29.3 Å². The van der Waals surface area contributed by atoms with Gasteiger partial charge in [-0.25, -0.2) is 4.79 Å². The molecule has 0 spiro atoms. The van der Waals surface area contributed by atoms with Gasteiger partial charge in [0.15, 0.2) is 17.7 Å². The molecule has 3 saturated carbocycles. The van der Waals surface area contributed by atoms with E-state index in [9.17, 15) is 19.8 Å². The molecule has 6 heteroatoms. The molecule has 0 unspecified atom stereocenters. The van der Waals surface area contributed by atoms with Crippen LogP contribution in [0.1, 0.15) is 59.3 Å². The molecule has 6 nitrogen and oxygen atoms in total. The lowest BCUT2D eigenvalue weighted by Crippen LogP contribution is -2.63. The number of fused-ring (bicyclic) bond motifs is 7. The van der Waals surface area contributed by atoms with Crippen molar-refractivity contribution in [3.63, 3.8) is 0 Å². The zero-order chi connectivity index (χ0) is 21.5. The summed E-state index contributed by atoms with van der Waals surface area (Å²) < 4.78 is 12.4. The van der Waals surface area contributed by atoms with Crippen molar-refractivity contribution in [3.8, 4) is 0 Å². The monoisotopic (exact) mass is 416 g/mol. The Bertz CT molecular complexity index is 847. The first kappa shape index (κ1) is 20.4. The fourth-order valence-corrected chi connectivity index (χ4v) is 7.87. The molecule has 0 aromatic carbocycles. The first-order valence-corrected chi connectivity index (χ1v) is 11.4. The minimum Gasteiger partial charge on any atom is -0.479 e. The minimum absolute atomic E-state index is 0.0139. The Kier molecular flexibility index (Phi) is 4.42. The van der Waals surface area contributed by atoms with Gasteiger partial charge in [0, 0.05) is 16.7 Å². The molecule has 4 fully saturated rings. The number of aliphatic hydroxyl groups is 1. The highest BCUT2D eigenvalue weighted by atomic mass is 16.7. The van der Waals surface area contributed by atoms with Crippen molar-refractivity contribution in [2.45, 2.75) is 83.4 Å². The summed E-state index contributed by atoms with van der Waals surface area (Å²) in [7, 11) is 0. The van der Waals surface area contributed by atoms with Gasteiger partial charge in [0.1, 0.15) is 6.10 Å². The van der Waals surface area contributed by atoms with Gasteiger partial charge in [0.2, 0.25) is 0 Å². The largest absolute Gasteiger partial charge is 0.479 e. The lowest BCUT2D eigenvalue weighted by atomic mass is 9.46. The second-order valence-electron chi connectivity index (χ2n) is 10.4. The molecule has 1 saturated heterocycles. The molecule has 9 atom stereocenters. The van der Waals surface area contributed by atoms with Crippen LogP contribution in [0, 0.1) is 28.6 Å². The summed E-state index contributed by atoms with van der Waals surface area (Å²) in [6.45, 7) is 6.15. The fraction of sp³-hybridized carbons (Fsp3) is 0.750. The highest BCUT2D eigenvalue weighted by molar-refractivity contribution is 6.01. The summed E-state index contributed by atoms with van der Waals surface area (Å²) in [5.74, 6) is -0.722. The molecule has 2 N–H and O–H groups in total. The van der Waals surface area contributed by atoms with Gasteiger partial charge in [-0.2, -0.15) is 0 Å². The molecule has 1 aliphatic heterocycles. The quantitative estimate of drug-likeness (QED) is 0.734. The molecule has 0 aromatic rings. The lowest BCUT2D eigenvalue weighted by Gasteiger charge is -2.59. The number of ether oxygens (including phenoxy) is 2. The first-order chi connectivity index (χ1) is 14.2. The van der Waals surface area contributed by atoms with Crippen LogP contribution < -0.4 is 0 Å². The number of carbonyl (C=O) groups is 2. The molecular weight excluding hydrogens is 384 g/mol. The maximum Gasteiger partial charge on any atom is 0.339 e. The van der Waals surface area contributed by atoms with Crippen LogP contribution in [-0.2, 0) is 19.1 Å². The Balaban J connectivity index is 1.55. The van der Waals surface area contributed by atoms with E-state index in [1.54, 1.807) is 12.2 Å². The number of carboxylic acids is 1. The van der Waals surface area contributed by atoms with E-state index in [0.717, 1.165) is 24.8 Å². The zero-order valence-electron chi connectivity index (χ0n) is 18.0. The Morgan fingerprint density at radius 2 is 2.10 bits per heavy atom. The molecule has 0 amide bonds. The minimum atomic E-state index is -1.40. The fourth-order valence-electron chi connectivity index (χ4n) is 7.87. The van der Waals surface area contributed by atoms with E-state index in [0.29, 0.717) is 19.3 Å². The smallest absolute Gasteiger partial charge is 0.339 e. The average molecular weight is 417 g/mol. The van der Waals surface area contributed by atoms with Crippen molar-refractivity contribution in [1.82, 2.24) is 0 Å². The van der Waals surface area contributed by atoms with Crippen LogP contribution in [0.25, 0.3) is 0 Å². The van der Waals surface area contributed by atoms with Crippen LogP contribution in [0.2, 0.25) is 0 Å². The molecular formula is C24H32O6. The molecule has 0 aromatic heterocycles. The number of ketones is 1. The molecule has 30 heavy (non-hydrogen) atoms. The van der Waals surface area contributed by atoms with E-state index in [2.05, 4.69) is 6.92 Å². The van der Waals surface area contributed by atoms with Gasteiger partial charge in [-0.05, 0) is 56.1 Å². The molecule has 0 bridgehead atoms. The van der Waals surface area contributed by atoms with Crippen molar-refractivity contribution in [1.29, 1.82) is 0 Å². The van der Waals surface area contributed by atoms with E-state index in [1.807, 2.05) is 19.9 Å². The SMILES string of the molecule is CCC[C@@H]1O[C@@H]2C[C@@H]3[C@@H]4CCC5=CC(=O)C=C[C@]5(C)[C@H]4[C@@H](O)C[C@]3(C)[C@]2(C(=O)O)O1. The Morgan fingerprint density at radius 3 is 2.80 bits per heavy atom. The predicted octanol–water partition coefficient (Wildman–Crippen LogP) is 3.24. The Morgan fingerprint density at radius 1 is 1.33 bits per heavy atom. The van der Waals surface area contributed by atoms with Crippen LogP contribution in [0.15, 0.2) is 23.8 Å². The van der Waals surface area contributed by atoms with Crippen molar-refractivity contribution in [2.75, 3.05) is 0 Å². The maximum atomic E-state index is 12.7. The number of aliphatic hydroxyl groups excluding tert-OH is 1. The molecule has 5 rings (SSSR count). The maximum absolute atomic E-state index is 12.7. The van der Waals surface area contributed by atoms with Gasteiger partial charge in [0.05, 0.1) is 6.10 Å². The molecule has 0 radical (unpaired) electrons. The van der Waals surface area contributed by atoms with Crippen molar-refractivity contribution in [2.24, 2.45) is 28.6 Å². The van der Waals surface area contributed by atoms with Gasteiger partial charge in [-0.1, -0.05) is 38.8 Å². The number of hydrogen-bond acceptors (Lipinski definition) is 5. The summed E-state index contributed by atoms with van der Waals surface area (Å²) in [4.78, 5) is 24.6. The number of aliphatic carboxylic acids is 1. The lowest BCUT2D eigenvalue weighted by molar-refractivity contribution is -0.210. The van der Waals surface area contributed by atoms with Crippen molar-refractivity contribution >= 4 is 11.8 Å². The van der Waals surface area contributed by atoms with E-state index in [4.69, 9.17) is 9.47 Å².